The first kappa shape index (κ1) is 23.9. The lowest BCUT2D eigenvalue weighted by Gasteiger charge is -2.22. The fourth-order valence-corrected chi connectivity index (χ4v) is 6.02. The molecule has 0 aliphatic carbocycles. The number of carbonyl (C=O) groups excluding carboxylic acids is 1. The number of benzene rings is 2. The van der Waals surface area contributed by atoms with E-state index in [0.29, 0.717) is 18.8 Å². The predicted octanol–water partition coefficient (Wildman–Crippen LogP) is 5.49. The van der Waals surface area contributed by atoms with Crippen LogP contribution in [0.5, 0.6) is 5.75 Å². The molecule has 2 aliphatic rings. The topological polar surface area (TPSA) is 71.4 Å². The number of nitrogens with zero attached hydrogens (tertiary/aromatic N) is 3. The molecule has 2 N–H and O–H groups in total. The number of nitrogens with one attached hydrogen (secondary N) is 2. The molecule has 0 atom stereocenters. The third-order valence-electron chi connectivity index (χ3n) is 7.13. The number of halogens is 1. The third-order valence-corrected chi connectivity index (χ3v) is 7.71. The van der Waals surface area contributed by atoms with Crippen molar-refractivity contribution in [1.82, 2.24) is 20.0 Å². The number of aromatic nitrogens is 2. The zero-order chi connectivity index (χ0) is 24.4. The summed E-state index contributed by atoms with van der Waals surface area (Å²) in [7, 11) is 1.90. The molecule has 3 heterocycles. The molecule has 2 aliphatic heterocycles. The number of aryl methyl sites for hydroxylation is 2. The Morgan fingerprint density at radius 1 is 1.14 bits per heavy atom. The molecule has 0 spiro atoms. The lowest BCUT2D eigenvalue weighted by Crippen LogP contribution is -2.32. The van der Waals surface area contributed by atoms with E-state index in [9.17, 15) is 4.79 Å². The highest BCUT2D eigenvalue weighted by Gasteiger charge is 2.38. The number of anilines is 1. The van der Waals surface area contributed by atoms with Crippen LogP contribution in [0.25, 0.3) is 11.3 Å². The van der Waals surface area contributed by atoms with E-state index in [-0.39, 0.29) is 6.03 Å². The summed E-state index contributed by atoms with van der Waals surface area (Å²) in [6.45, 7) is 4.09. The minimum Gasteiger partial charge on any atom is -0.492 e. The molecule has 1 aromatic heterocycles. The number of hydrogen-bond donors (Lipinski definition) is 2. The molecule has 35 heavy (non-hydrogen) atoms. The van der Waals surface area contributed by atoms with Crippen molar-refractivity contribution in [2.75, 3.05) is 18.5 Å². The Morgan fingerprint density at radius 3 is 2.60 bits per heavy atom. The van der Waals surface area contributed by atoms with Gasteiger partial charge in [0.25, 0.3) is 0 Å². The normalized spacial score (nSPS) is 19.2. The van der Waals surface area contributed by atoms with Crippen molar-refractivity contribution in [1.29, 1.82) is 0 Å². The van der Waals surface area contributed by atoms with Crippen LogP contribution in [0.4, 0.5) is 10.5 Å². The second-order valence-corrected chi connectivity index (χ2v) is 10.4. The molecule has 2 saturated heterocycles. The molecule has 0 saturated carbocycles. The van der Waals surface area contributed by atoms with Crippen molar-refractivity contribution < 1.29 is 9.53 Å². The quantitative estimate of drug-likeness (QED) is 0.398. The maximum atomic E-state index is 12.6. The molecule has 2 amide bonds. The van der Waals surface area contributed by atoms with Crippen molar-refractivity contribution in [3.63, 3.8) is 0 Å². The number of fused-ring (bicyclic) bond motifs is 2. The minimum absolute atomic E-state index is 0.250. The van der Waals surface area contributed by atoms with Gasteiger partial charge in [0.05, 0.1) is 16.4 Å². The van der Waals surface area contributed by atoms with E-state index >= 15 is 0 Å². The van der Waals surface area contributed by atoms with Gasteiger partial charge in [-0.2, -0.15) is 5.10 Å². The first-order chi connectivity index (χ1) is 17.0. The van der Waals surface area contributed by atoms with Gasteiger partial charge in [-0.3, -0.25) is 9.58 Å². The smallest absolute Gasteiger partial charge is 0.319 e. The number of rotatable bonds is 8. The molecular weight excluding hydrogens is 506 g/mol. The monoisotopic (exact) mass is 537 g/mol. The van der Waals surface area contributed by atoms with Crippen molar-refractivity contribution in [2.45, 2.75) is 51.2 Å². The minimum atomic E-state index is -0.250. The Labute approximate surface area is 215 Å². The molecule has 184 valence electrons. The SMILES string of the molecule is Cc1cccc(CNC(=O)Nc2ccc(OCCN3C4CCC3CC4)c(-c3c(Br)cnn3C)c2)c1. The summed E-state index contributed by atoms with van der Waals surface area (Å²) in [6, 6.07) is 15.1. The van der Waals surface area contributed by atoms with E-state index in [1.807, 2.05) is 55.1 Å². The van der Waals surface area contributed by atoms with Crippen molar-refractivity contribution in [3.05, 3.63) is 64.3 Å². The van der Waals surface area contributed by atoms with E-state index in [0.717, 1.165) is 45.7 Å². The van der Waals surface area contributed by atoms with Crippen LogP contribution in [0.2, 0.25) is 0 Å². The van der Waals surface area contributed by atoms with E-state index in [4.69, 9.17) is 4.74 Å². The molecular formula is C27H32BrN5O2. The van der Waals surface area contributed by atoms with Crippen molar-refractivity contribution in [3.8, 4) is 17.0 Å². The summed E-state index contributed by atoms with van der Waals surface area (Å²) in [5.41, 5.74) is 4.72. The molecule has 7 nitrogen and oxygen atoms in total. The fourth-order valence-electron chi connectivity index (χ4n) is 5.46. The summed E-state index contributed by atoms with van der Waals surface area (Å²) in [6.07, 6.45) is 7.07. The number of amides is 2. The number of hydrogen-bond acceptors (Lipinski definition) is 4. The van der Waals surface area contributed by atoms with Crippen LogP contribution in [0.3, 0.4) is 0 Å². The second kappa shape index (κ2) is 10.4. The van der Waals surface area contributed by atoms with Gasteiger partial charge in [0.1, 0.15) is 12.4 Å². The van der Waals surface area contributed by atoms with E-state index in [1.165, 1.54) is 31.2 Å². The summed E-state index contributed by atoms with van der Waals surface area (Å²) < 4.78 is 8.99. The molecule has 5 rings (SSSR count). The van der Waals surface area contributed by atoms with Gasteiger partial charge in [-0.25, -0.2) is 4.79 Å². The lowest BCUT2D eigenvalue weighted by atomic mass is 10.0. The predicted molar refractivity (Wildman–Crippen MR) is 142 cm³/mol. The van der Waals surface area contributed by atoms with Crippen molar-refractivity contribution >= 4 is 27.6 Å². The first-order valence-corrected chi connectivity index (χ1v) is 13.1. The standard InChI is InChI=1S/C27H32BrN5O2/c1-18-4-3-5-19(14-18)16-29-27(34)31-20-6-11-25(23(15-20)26-24(28)17-30-32(26)2)35-13-12-33-21-7-8-22(33)10-9-21/h3-6,11,14-15,17,21-22H,7-10,12-13,16H2,1-2H3,(H2,29,31,34). The summed E-state index contributed by atoms with van der Waals surface area (Å²) >= 11 is 3.62. The van der Waals surface area contributed by atoms with Gasteiger partial charge in [0.2, 0.25) is 0 Å². The number of ether oxygens (including phenoxy) is 1. The van der Waals surface area contributed by atoms with Gasteiger partial charge in [0, 0.05) is 43.5 Å². The number of carbonyl (C=O) groups is 1. The zero-order valence-electron chi connectivity index (χ0n) is 20.3. The van der Waals surface area contributed by atoms with Crippen LogP contribution in [-0.2, 0) is 13.6 Å². The van der Waals surface area contributed by atoms with Crippen LogP contribution < -0.4 is 15.4 Å². The molecule has 2 bridgehead atoms. The van der Waals surface area contributed by atoms with E-state index in [2.05, 4.69) is 42.6 Å². The third kappa shape index (κ3) is 5.38. The molecule has 2 fully saturated rings. The maximum Gasteiger partial charge on any atom is 0.319 e. The second-order valence-electron chi connectivity index (χ2n) is 9.52. The molecule has 0 radical (unpaired) electrons. The van der Waals surface area contributed by atoms with Crippen LogP contribution in [0, 0.1) is 6.92 Å². The van der Waals surface area contributed by atoms with Crippen LogP contribution in [0.1, 0.15) is 36.8 Å². The molecule has 0 unspecified atom stereocenters. The summed E-state index contributed by atoms with van der Waals surface area (Å²) in [4.78, 5) is 15.2. The van der Waals surface area contributed by atoms with Gasteiger partial charge < -0.3 is 15.4 Å². The fraction of sp³-hybridized carbons (Fsp3) is 0.407. The Morgan fingerprint density at radius 2 is 1.91 bits per heavy atom. The van der Waals surface area contributed by atoms with Gasteiger partial charge in [-0.15, -0.1) is 0 Å². The Balaban J connectivity index is 1.28. The lowest BCUT2D eigenvalue weighted by molar-refractivity contribution is 0.194. The van der Waals surface area contributed by atoms with E-state index < -0.39 is 0 Å². The van der Waals surface area contributed by atoms with Gasteiger partial charge >= 0.3 is 6.03 Å². The Bertz CT molecular complexity index is 1170. The van der Waals surface area contributed by atoms with Gasteiger partial charge in [0.15, 0.2) is 0 Å². The van der Waals surface area contributed by atoms with Gasteiger partial charge in [-0.05, 0) is 72.3 Å². The first-order valence-electron chi connectivity index (χ1n) is 12.3. The van der Waals surface area contributed by atoms with Gasteiger partial charge in [-0.1, -0.05) is 29.8 Å². The van der Waals surface area contributed by atoms with Crippen LogP contribution in [0.15, 0.2) is 53.1 Å². The zero-order valence-corrected chi connectivity index (χ0v) is 21.8. The Kier molecular flexibility index (Phi) is 7.11. The van der Waals surface area contributed by atoms with Crippen molar-refractivity contribution in [2.24, 2.45) is 7.05 Å². The molecule has 3 aromatic rings. The Hall–Kier alpha value is -2.84. The molecule has 8 heteroatoms. The highest BCUT2D eigenvalue weighted by Crippen LogP contribution is 2.38. The largest absolute Gasteiger partial charge is 0.492 e. The van der Waals surface area contributed by atoms with Crippen LogP contribution >= 0.6 is 15.9 Å². The summed E-state index contributed by atoms with van der Waals surface area (Å²) in [5, 5.41) is 10.3. The average molecular weight is 538 g/mol. The number of urea groups is 1. The highest BCUT2D eigenvalue weighted by atomic mass is 79.9. The maximum absolute atomic E-state index is 12.6. The molecule has 2 aromatic carbocycles. The van der Waals surface area contributed by atoms with E-state index in [1.54, 1.807) is 6.20 Å². The highest BCUT2D eigenvalue weighted by molar-refractivity contribution is 9.10. The van der Waals surface area contributed by atoms with Crippen LogP contribution in [-0.4, -0.2) is 45.9 Å². The average Bonchev–Trinajstić information content (AvgIpc) is 3.52. The summed E-state index contributed by atoms with van der Waals surface area (Å²) in [5.74, 6) is 0.784.